The molecule has 1 aliphatic rings. The first-order chi connectivity index (χ1) is 16.9. The average Bonchev–Trinajstić information content (AvgIpc) is 3.12. The van der Waals surface area contributed by atoms with Crippen molar-refractivity contribution >= 4 is 52.2 Å². The second kappa shape index (κ2) is 10.7. The molecule has 3 aromatic rings. The van der Waals surface area contributed by atoms with Gasteiger partial charge in [-0.25, -0.2) is 9.69 Å². The fourth-order valence-electron chi connectivity index (χ4n) is 3.39. The molecule has 0 bridgehead atoms. The topological polar surface area (TPSA) is 93.1 Å². The number of amides is 2. The van der Waals surface area contributed by atoms with Gasteiger partial charge in [0.05, 0.1) is 27.8 Å². The molecule has 35 heavy (non-hydrogen) atoms. The number of ether oxygens (including phenoxy) is 2. The van der Waals surface area contributed by atoms with Crippen molar-refractivity contribution in [3.05, 3.63) is 93.3 Å². The van der Waals surface area contributed by atoms with Gasteiger partial charge >= 0.3 is 5.97 Å². The van der Waals surface area contributed by atoms with E-state index in [1.54, 1.807) is 54.6 Å². The van der Waals surface area contributed by atoms with E-state index in [0.29, 0.717) is 29.4 Å². The van der Waals surface area contributed by atoms with Gasteiger partial charge in [-0.3, -0.25) is 9.59 Å². The lowest BCUT2D eigenvalue weighted by Gasteiger charge is -2.15. The molecule has 0 saturated carbocycles. The van der Waals surface area contributed by atoms with Gasteiger partial charge in [-0.2, -0.15) is 0 Å². The minimum absolute atomic E-state index is 0.148. The lowest BCUT2D eigenvalue weighted by molar-refractivity contribution is -0.113. The summed E-state index contributed by atoms with van der Waals surface area (Å²) >= 11 is 7.35. The number of carbonyl (C=O) groups is 3. The fourth-order valence-corrected chi connectivity index (χ4v) is 4.51. The quantitative estimate of drug-likeness (QED) is 0.358. The van der Waals surface area contributed by atoms with Crippen molar-refractivity contribution in [2.75, 3.05) is 11.5 Å². The minimum atomic E-state index is -1.00. The van der Waals surface area contributed by atoms with Crippen molar-refractivity contribution in [2.24, 2.45) is 0 Å². The van der Waals surface area contributed by atoms with Gasteiger partial charge in [-0.05, 0) is 72.3 Å². The highest BCUT2D eigenvalue weighted by molar-refractivity contribution is 8.19. The van der Waals surface area contributed by atoms with Gasteiger partial charge in [0.2, 0.25) is 0 Å². The third-order valence-electron chi connectivity index (χ3n) is 5.02. The molecule has 0 spiro atoms. The van der Waals surface area contributed by atoms with Gasteiger partial charge in [0.1, 0.15) is 6.61 Å². The number of carboxylic acids is 1. The van der Waals surface area contributed by atoms with Gasteiger partial charge in [0.25, 0.3) is 11.1 Å². The van der Waals surface area contributed by atoms with E-state index in [9.17, 15) is 14.4 Å². The number of rotatable bonds is 8. The maximum Gasteiger partial charge on any atom is 0.335 e. The number of aromatic carboxylic acids is 1. The van der Waals surface area contributed by atoms with Gasteiger partial charge in [0.15, 0.2) is 11.5 Å². The molecule has 0 aromatic heterocycles. The predicted molar refractivity (Wildman–Crippen MR) is 135 cm³/mol. The number of hydrogen-bond donors (Lipinski definition) is 1. The van der Waals surface area contributed by atoms with Crippen LogP contribution in [0.5, 0.6) is 11.5 Å². The Bertz CT molecular complexity index is 1310. The highest BCUT2D eigenvalue weighted by atomic mass is 35.5. The number of hydrogen-bond acceptors (Lipinski definition) is 6. The molecule has 4 rings (SSSR count). The summed E-state index contributed by atoms with van der Waals surface area (Å²) in [7, 11) is 0. The van der Waals surface area contributed by atoms with E-state index in [-0.39, 0.29) is 27.3 Å². The molecule has 1 fully saturated rings. The van der Waals surface area contributed by atoms with Gasteiger partial charge in [-0.1, -0.05) is 41.9 Å². The lowest BCUT2D eigenvalue weighted by Crippen LogP contribution is -2.27. The summed E-state index contributed by atoms with van der Waals surface area (Å²) in [6.07, 6.45) is 1.59. The molecule has 0 atom stereocenters. The Morgan fingerprint density at radius 1 is 1.06 bits per heavy atom. The third-order valence-corrected chi connectivity index (χ3v) is 6.17. The summed E-state index contributed by atoms with van der Waals surface area (Å²) in [4.78, 5) is 37.8. The van der Waals surface area contributed by atoms with Crippen LogP contribution in [0.25, 0.3) is 6.08 Å². The second-order valence-corrected chi connectivity index (χ2v) is 8.81. The Balaban J connectivity index is 1.57. The van der Waals surface area contributed by atoms with Crippen molar-refractivity contribution in [1.29, 1.82) is 0 Å². The number of imide groups is 1. The Morgan fingerprint density at radius 2 is 1.77 bits per heavy atom. The van der Waals surface area contributed by atoms with Crippen LogP contribution in [0.2, 0.25) is 5.02 Å². The van der Waals surface area contributed by atoms with E-state index >= 15 is 0 Å². The van der Waals surface area contributed by atoms with Gasteiger partial charge in [-0.15, -0.1) is 0 Å². The van der Waals surface area contributed by atoms with Crippen LogP contribution < -0.4 is 14.4 Å². The van der Waals surface area contributed by atoms with Crippen LogP contribution in [0.1, 0.15) is 28.4 Å². The molecule has 2 amide bonds. The number of anilines is 1. The van der Waals surface area contributed by atoms with Crippen LogP contribution in [0.4, 0.5) is 10.5 Å². The van der Waals surface area contributed by atoms with Crippen molar-refractivity contribution < 1.29 is 29.0 Å². The van der Waals surface area contributed by atoms with E-state index in [4.69, 9.17) is 26.2 Å². The molecular formula is C26H20ClNO6S. The van der Waals surface area contributed by atoms with Crippen LogP contribution in [0, 0.1) is 0 Å². The van der Waals surface area contributed by atoms with Crippen molar-refractivity contribution in [3.63, 3.8) is 0 Å². The maximum absolute atomic E-state index is 12.9. The van der Waals surface area contributed by atoms with E-state index in [2.05, 4.69) is 0 Å². The first-order valence-electron chi connectivity index (χ1n) is 10.6. The number of thioether (sulfide) groups is 1. The van der Waals surface area contributed by atoms with Gasteiger partial charge in [0, 0.05) is 0 Å². The number of carboxylic acid groups (broad SMARTS) is 1. The van der Waals surface area contributed by atoms with E-state index in [0.717, 1.165) is 22.2 Å². The number of carbonyl (C=O) groups excluding carboxylic acids is 2. The zero-order valence-corrected chi connectivity index (χ0v) is 20.1. The van der Waals surface area contributed by atoms with E-state index in [1.165, 1.54) is 12.1 Å². The molecule has 1 saturated heterocycles. The zero-order valence-electron chi connectivity index (χ0n) is 18.6. The highest BCUT2D eigenvalue weighted by Crippen LogP contribution is 2.40. The fraction of sp³-hybridized carbons (Fsp3) is 0.115. The number of benzene rings is 3. The highest BCUT2D eigenvalue weighted by Gasteiger charge is 2.36. The van der Waals surface area contributed by atoms with Crippen molar-refractivity contribution in [3.8, 4) is 11.5 Å². The second-order valence-electron chi connectivity index (χ2n) is 7.41. The van der Waals surface area contributed by atoms with Crippen LogP contribution in [-0.4, -0.2) is 28.8 Å². The standard InChI is InChI=1S/C26H20ClNO6S/c1-2-33-21-13-17(14-22-24(29)28(26(32)35-22)19-6-4-3-5-7-19)12-20(27)23(21)34-15-16-8-10-18(11-9-16)25(30)31/h3-14H,2,15H2,1H3,(H,30,31)/b22-14-. The summed E-state index contributed by atoms with van der Waals surface area (Å²) in [6, 6.07) is 18.4. The van der Waals surface area contributed by atoms with Crippen LogP contribution in [0.15, 0.2) is 71.6 Å². The molecule has 1 N–H and O–H groups in total. The van der Waals surface area contributed by atoms with Gasteiger partial charge < -0.3 is 14.6 Å². The molecule has 0 radical (unpaired) electrons. The first-order valence-corrected chi connectivity index (χ1v) is 11.8. The molecule has 178 valence electrons. The largest absolute Gasteiger partial charge is 0.490 e. The summed E-state index contributed by atoms with van der Waals surface area (Å²) in [5.74, 6) is -0.706. The molecule has 7 nitrogen and oxygen atoms in total. The maximum atomic E-state index is 12.9. The van der Waals surface area contributed by atoms with Crippen LogP contribution in [0.3, 0.4) is 0 Å². The zero-order chi connectivity index (χ0) is 24.9. The first kappa shape index (κ1) is 24.4. The number of para-hydroxylation sites is 1. The summed E-state index contributed by atoms with van der Waals surface area (Å²) in [5.41, 5.74) is 2.02. The van der Waals surface area contributed by atoms with Crippen LogP contribution in [-0.2, 0) is 11.4 Å². The molecule has 3 aromatic carbocycles. The average molecular weight is 510 g/mol. The SMILES string of the molecule is CCOc1cc(/C=C2\SC(=O)N(c3ccccc3)C2=O)cc(Cl)c1OCc1ccc(C(=O)O)cc1. The molecule has 0 unspecified atom stereocenters. The van der Waals surface area contributed by atoms with E-state index < -0.39 is 11.9 Å². The molecule has 1 aliphatic heterocycles. The summed E-state index contributed by atoms with van der Waals surface area (Å²) < 4.78 is 11.6. The summed E-state index contributed by atoms with van der Waals surface area (Å²) in [5, 5.41) is 8.93. The Labute approximate surface area is 210 Å². The van der Waals surface area contributed by atoms with Crippen LogP contribution >= 0.6 is 23.4 Å². The van der Waals surface area contributed by atoms with Crippen molar-refractivity contribution in [2.45, 2.75) is 13.5 Å². The third kappa shape index (κ3) is 5.50. The lowest BCUT2D eigenvalue weighted by atomic mass is 10.1. The molecular weight excluding hydrogens is 490 g/mol. The predicted octanol–water partition coefficient (Wildman–Crippen LogP) is 6.26. The Kier molecular flexibility index (Phi) is 7.43. The molecule has 9 heteroatoms. The van der Waals surface area contributed by atoms with E-state index in [1.807, 2.05) is 13.0 Å². The number of halogens is 1. The normalized spacial score (nSPS) is 14.5. The molecule has 1 heterocycles. The monoisotopic (exact) mass is 509 g/mol. The number of nitrogens with zero attached hydrogens (tertiary/aromatic N) is 1. The molecule has 0 aliphatic carbocycles. The summed E-state index contributed by atoms with van der Waals surface area (Å²) in [6.45, 7) is 2.32. The minimum Gasteiger partial charge on any atom is -0.490 e. The smallest absolute Gasteiger partial charge is 0.335 e. The Hall–Kier alpha value is -3.75. The Morgan fingerprint density at radius 3 is 2.43 bits per heavy atom. The van der Waals surface area contributed by atoms with Crippen molar-refractivity contribution in [1.82, 2.24) is 0 Å².